The van der Waals surface area contributed by atoms with Gasteiger partial charge in [0.05, 0.1) is 11.7 Å². The van der Waals surface area contributed by atoms with E-state index in [0.717, 1.165) is 11.7 Å². The van der Waals surface area contributed by atoms with Gasteiger partial charge in [0.2, 0.25) is 10.0 Å². The van der Waals surface area contributed by atoms with Crippen molar-refractivity contribution in [1.82, 2.24) is 13.5 Å². The van der Waals surface area contributed by atoms with E-state index in [4.69, 9.17) is 16.3 Å². The number of halogens is 1. The first-order chi connectivity index (χ1) is 11.1. The molecule has 0 aliphatic carbocycles. The highest BCUT2D eigenvalue weighted by Gasteiger charge is 2.18. The fraction of sp³-hybridized carbons (Fsp3) is 0.143. The minimum atomic E-state index is -3.66. The molecule has 0 radical (unpaired) electrons. The third kappa shape index (κ3) is 3.78. The van der Waals surface area contributed by atoms with Crippen molar-refractivity contribution in [3.05, 3.63) is 47.5 Å². The van der Waals surface area contributed by atoms with Gasteiger partial charge >= 0.3 is 0 Å². The van der Waals surface area contributed by atoms with Crippen LogP contribution >= 0.6 is 23.3 Å². The first-order valence-corrected chi connectivity index (χ1v) is 9.25. The second-order valence-corrected chi connectivity index (χ2v) is 7.29. The molecule has 1 aromatic heterocycles. The van der Waals surface area contributed by atoms with Crippen LogP contribution in [0.2, 0.25) is 5.02 Å². The Morgan fingerprint density at radius 1 is 1.13 bits per heavy atom. The molecular formula is C14H12ClN3O3S2. The number of aromatic nitrogens is 2. The lowest BCUT2D eigenvalue weighted by Gasteiger charge is -2.09. The molecule has 3 rings (SSSR count). The normalized spacial score (nSPS) is 11.7. The summed E-state index contributed by atoms with van der Waals surface area (Å²) in [5, 5.41) is 0.614. The molecule has 9 heteroatoms. The Morgan fingerprint density at radius 3 is 2.70 bits per heavy atom. The van der Waals surface area contributed by atoms with Gasteiger partial charge in [0.1, 0.15) is 28.3 Å². The maximum Gasteiger partial charge on any atom is 0.242 e. The van der Waals surface area contributed by atoms with Gasteiger partial charge in [-0.3, -0.25) is 0 Å². The molecule has 0 aliphatic rings. The van der Waals surface area contributed by atoms with Gasteiger partial charge in [-0.25, -0.2) is 13.1 Å². The number of ether oxygens (including phenoxy) is 1. The maximum absolute atomic E-state index is 12.4. The van der Waals surface area contributed by atoms with Crippen LogP contribution in [0.4, 0.5) is 0 Å². The summed E-state index contributed by atoms with van der Waals surface area (Å²) in [4.78, 5) is 0.121. The molecule has 0 amide bonds. The molecule has 6 nitrogen and oxygen atoms in total. The molecule has 0 fully saturated rings. The summed E-state index contributed by atoms with van der Waals surface area (Å²) in [6, 6.07) is 11.7. The van der Waals surface area contributed by atoms with Crippen molar-refractivity contribution in [2.45, 2.75) is 4.90 Å². The van der Waals surface area contributed by atoms with E-state index in [0.29, 0.717) is 21.8 Å². The van der Waals surface area contributed by atoms with Crippen LogP contribution in [0.15, 0.2) is 47.4 Å². The fourth-order valence-electron chi connectivity index (χ4n) is 1.95. The lowest BCUT2D eigenvalue weighted by molar-refractivity contribution is 0.323. The number of benzene rings is 2. The lowest BCUT2D eigenvalue weighted by Crippen LogP contribution is -2.28. The topological polar surface area (TPSA) is 81.2 Å². The van der Waals surface area contributed by atoms with E-state index in [9.17, 15) is 8.42 Å². The maximum atomic E-state index is 12.4. The summed E-state index contributed by atoms with van der Waals surface area (Å²) in [6.07, 6.45) is 0. The van der Waals surface area contributed by atoms with Crippen molar-refractivity contribution >= 4 is 44.4 Å². The van der Waals surface area contributed by atoms with Crippen LogP contribution in [0.25, 0.3) is 11.0 Å². The van der Waals surface area contributed by atoms with Gasteiger partial charge < -0.3 is 4.74 Å². The Hall–Kier alpha value is -1.74. The Morgan fingerprint density at radius 2 is 1.91 bits per heavy atom. The molecule has 3 aromatic rings. The molecule has 1 N–H and O–H groups in total. The van der Waals surface area contributed by atoms with Crippen molar-refractivity contribution in [2.75, 3.05) is 13.2 Å². The molecule has 0 saturated heterocycles. The third-order valence-electron chi connectivity index (χ3n) is 3.02. The van der Waals surface area contributed by atoms with Crippen molar-refractivity contribution in [2.24, 2.45) is 0 Å². The Balaban J connectivity index is 1.63. The third-order valence-corrected chi connectivity index (χ3v) is 5.30. The minimum absolute atomic E-state index is 0.121. The first-order valence-electron chi connectivity index (χ1n) is 6.65. The lowest BCUT2D eigenvalue weighted by atomic mass is 10.3. The summed E-state index contributed by atoms with van der Waals surface area (Å²) in [7, 11) is -3.66. The quantitative estimate of drug-likeness (QED) is 0.675. The second kappa shape index (κ2) is 6.79. The zero-order valence-corrected chi connectivity index (χ0v) is 14.2. The van der Waals surface area contributed by atoms with Crippen molar-refractivity contribution in [3.63, 3.8) is 0 Å². The Labute approximate surface area is 142 Å². The van der Waals surface area contributed by atoms with Crippen LogP contribution in [-0.2, 0) is 10.0 Å². The number of nitrogens with one attached hydrogen (secondary N) is 1. The highest BCUT2D eigenvalue weighted by Crippen LogP contribution is 2.20. The van der Waals surface area contributed by atoms with Gasteiger partial charge in [-0.1, -0.05) is 17.7 Å². The molecule has 1 heterocycles. The average molecular weight is 370 g/mol. The molecule has 0 spiro atoms. The number of rotatable bonds is 6. The van der Waals surface area contributed by atoms with E-state index in [2.05, 4.69) is 13.5 Å². The largest absolute Gasteiger partial charge is 0.492 e. The molecule has 0 aliphatic heterocycles. The number of nitrogens with zero attached hydrogens (tertiary/aromatic N) is 2. The summed E-state index contributed by atoms with van der Waals surface area (Å²) in [6.45, 7) is 0.338. The number of sulfonamides is 1. The predicted molar refractivity (Wildman–Crippen MR) is 89.6 cm³/mol. The SMILES string of the molecule is O=S(=O)(NCCOc1ccc(Cl)cc1)c1cccc2nsnc12. The van der Waals surface area contributed by atoms with Crippen molar-refractivity contribution in [3.8, 4) is 5.75 Å². The van der Waals surface area contributed by atoms with Gasteiger partial charge in [0, 0.05) is 11.6 Å². The van der Waals surface area contributed by atoms with E-state index in [1.54, 1.807) is 36.4 Å². The van der Waals surface area contributed by atoms with Gasteiger partial charge in [-0.05, 0) is 36.4 Å². The van der Waals surface area contributed by atoms with Crippen molar-refractivity contribution in [1.29, 1.82) is 0 Å². The van der Waals surface area contributed by atoms with Gasteiger partial charge in [0.15, 0.2) is 0 Å². The van der Waals surface area contributed by atoms with E-state index in [1.165, 1.54) is 6.07 Å². The van der Waals surface area contributed by atoms with Crippen LogP contribution in [0.3, 0.4) is 0 Å². The summed E-state index contributed by atoms with van der Waals surface area (Å²) >= 11 is 6.76. The number of hydrogen-bond acceptors (Lipinski definition) is 6. The van der Waals surface area contributed by atoms with Gasteiger partial charge in [-0.2, -0.15) is 8.75 Å². The molecule has 23 heavy (non-hydrogen) atoms. The minimum Gasteiger partial charge on any atom is -0.492 e. The van der Waals surface area contributed by atoms with Crippen LogP contribution in [0.5, 0.6) is 5.75 Å². The number of fused-ring (bicyclic) bond motifs is 1. The summed E-state index contributed by atoms with van der Waals surface area (Å²) < 4.78 is 40.7. The van der Waals surface area contributed by atoms with Crippen LogP contribution in [0, 0.1) is 0 Å². The van der Waals surface area contributed by atoms with Crippen molar-refractivity contribution < 1.29 is 13.2 Å². The highest BCUT2D eigenvalue weighted by atomic mass is 35.5. The average Bonchev–Trinajstić information content (AvgIpc) is 3.01. The first kappa shape index (κ1) is 16.1. The van der Waals surface area contributed by atoms with Gasteiger partial charge in [-0.15, -0.1) is 0 Å². The van der Waals surface area contributed by atoms with Crippen LogP contribution in [0.1, 0.15) is 0 Å². The summed E-state index contributed by atoms with van der Waals surface area (Å²) in [5.41, 5.74) is 0.943. The fourth-order valence-corrected chi connectivity index (χ4v) is 3.86. The van der Waals surface area contributed by atoms with E-state index >= 15 is 0 Å². The van der Waals surface area contributed by atoms with E-state index in [1.807, 2.05) is 0 Å². The molecular weight excluding hydrogens is 358 g/mol. The molecule has 0 saturated carbocycles. The van der Waals surface area contributed by atoms with Crippen LogP contribution in [-0.4, -0.2) is 30.3 Å². The van der Waals surface area contributed by atoms with E-state index in [-0.39, 0.29) is 18.0 Å². The monoisotopic (exact) mass is 369 g/mol. The Kier molecular flexibility index (Phi) is 4.76. The molecule has 0 bridgehead atoms. The van der Waals surface area contributed by atoms with Crippen LogP contribution < -0.4 is 9.46 Å². The highest BCUT2D eigenvalue weighted by molar-refractivity contribution is 7.89. The molecule has 2 aromatic carbocycles. The molecule has 0 atom stereocenters. The Bertz CT molecular complexity index is 910. The summed E-state index contributed by atoms with van der Waals surface area (Å²) in [5.74, 6) is 0.624. The van der Waals surface area contributed by atoms with Gasteiger partial charge in [0.25, 0.3) is 0 Å². The zero-order chi connectivity index (χ0) is 16.3. The van der Waals surface area contributed by atoms with E-state index < -0.39 is 10.0 Å². The second-order valence-electron chi connectivity index (χ2n) is 4.59. The predicted octanol–water partition coefficient (Wildman–Crippen LogP) is 2.70. The zero-order valence-electron chi connectivity index (χ0n) is 11.8. The standard InChI is InChI=1S/C14H12ClN3O3S2/c15-10-4-6-11(7-5-10)21-9-8-16-23(19,20)13-3-1-2-12-14(13)18-22-17-12/h1-7,16H,8-9H2. The number of hydrogen-bond donors (Lipinski definition) is 1. The molecule has 120 valence electrons. The molecule has 0 unspecified atom stereocenters. The smallest absolute Gasteiger partial charge is 0.242 e.